The van der Waals surface area contributed by atoms with Gasteiger partial charge in [0, 0.05) is 10.7 Å². The van der Waals surface area contributed by atoms with Crippen molar-refractivity contribution in [1.82, 2.24) is 15.0 Å². The number of para-hydroxylation sites is 1. The summed E-state index contributed by atoms with van der Waals surface area (Å²) in [7, 11) is 0. The Hall–Kier alpha value is -2.90. The highest BCUT2D eigenvalue weighted by Gasteiger charge is 2.11. The van der Waals surface area contributed by atoms with Gasteiger partial charge in [-0.1, -0.05) is 41.1 Å². The molecule has 0 spiro atoms. The van der Waals surface area contributed by atoms with E-state index in [1.165, 1.54) is 17.7 Å². The van der Waals surface area contributed by atoms with Gasteiger partial charge in [0.2, 0.25) is 0 Å². The second kappa shape index (κ2) is 6.78. The van der Waals surface area contributed by atoms with Crippen molar-refractivity contribution in [3.05, 3.63) is 59.4 Å². The number of fused-ring (bicyclic) bond motifs is 1. The number of hydrogen-bond donors (Lipinski definition) is 3. The second-order valence-electron chi connectivity index (χ2n) is 5.69. The summed E-state index contributed by atoms with van der Waals surface area (Å²) in [5, 5.41) is 7.75. The molecule has 0 atom stereocenters. The van der Waals surface area contributed by atoms with Crippen molar-refractivity contribution in [3.8, 4) is 0 Å². The highest BCUT2D eigenvalue weighted by Crippen LogP contribution is 2.32. The molecule has 4 aromatic rings. The number of nitrogens with two attached hydrogens (primary N) is 1. The minimum atomic E-state index is 0.406. The van der Waals surface area contributed by atoms with E-state index >= 15 is 0 Å². The van der Waals surface area contributed by atoms with Crippen molar-refractivity contribution < 1.29 is 0 Å². The van der Waals surface area contributed by atoms with Crippen molar-refractivity contribution in [2.75, 3.05) is 16.4 Å². The quantitative estimate of drug-likeness (QED) is 0.454. The van der Waals surface area contributed by atoms with Gasteiger partial charge in [-0.2, -0.15) is 0 Å². The van der Waals surface area contributed by atoms with Crippen LogP contribution in [0.2, 0.25) is 5.02 Å². The van der Waals surface area contributed by atoms with Gasteiger partial charge in [-0.25, -0.2) is 15.0 Å². The molecule has 0 aliphatic heterocycles. The van der Waals surface area contributed by atoms with Crippen LogP contribution in [0.5, 0.6) is 0 Å². The van der Waals surface area contributed by atoms with E-state index in [1.807, 2.05) is 49.4 Å². The molecule has 2 aromatic heterocycles. The Morgan fingerprint density at radius 1 is 1.04 bits per heavy atom. The Bertz CT molecular complexity index is 1060. The lowest BCUT2D eigenvalue weighted by molar-refractivity contribution is 1.17. The first-order chi connectivity index (χ1) is 12.6. The summed E-state index contributed by atoms with van der Waals surface area (Å²) in [6.45, 7) is 1.95. The van der Waals surface area contributed by atoms with Gasteiger partial charge < -0.3 is 16.4 Å². The van der Waals surface area contributed by atoms with Gasteiger partial charge in [0.15, 0.2) is 16.8 Å². The lowest BCUT2D eigenvalue weighted by Gasteiger charge is -2.12. The third-order valence-corrected chi connectivity index (χ3v) is 5.20. The number of aryl methyl sites for hydroxylation is 1. The number of nitrogen functional groups attached to an aromatic ring is 1. The first-order valence-electron chi connectivity index (χ1n) is 7.86. The average Bonchev–Trinajstić information content (AvgIpc) is 3.04. The molecule has 0 saturated carbocycles. The number of halogens is 1. The van der Waals surface area contributed by atoms with E-state index in [0.717, 1.165) is 26.6 Å². The molecule has 4 N–H and O–H groups in total. The van der Waals surface area contributed by atoms with Crippen LogP contribution in [0, 0.1) is 6.92 Å². The van der Waals surface area contributed by atoms with Crippen molar-refractivity contribution in [3.63, 3.8) is 0 Å². The zero-order valence-corrected chi connectivity index (χ0v) is 15.4. The van der Waals surface area contributed by atoms with E-state index in [4.69, 9.17) is 17.3 Å². The molecule has 2 heterocycles. The van der Waals surface area contributed by atoms with Crippen LogP contribution < -0.4 is 16.4 Å². The molecule has 2 aromatic carbocycles. The van der Waals surface area contributed by atoms with E-state index in [0.29, 0.717) is 22.3 Å². The minimum Gasteiger partial charge on any atom is -0.393 e. The van der Waals surface area contributed by atoms with Crippen LogP contribution in [0.15, 0.2) is 48.8 Å². The predicted octanol–water partition coefficient (Wildman–Crippen LogP) is 5.12. The Labute approximate surface area is 159 Å². The molecule has 4 rings (SSSR count). The molecule has 8 heteroatoms. The van der Waals surface area contributed by atoms with Crippen LogP contribution in [0.1, 0.15) is 5.56 Å². The molecule has 0 bridgehead atoms. The van der Waals surface area contributed by atoms with Gasteiger partial charge in [0.25, 0.3) is 0 Å². The number of rotatable bonds is 4. The highest BCUT2D eigenvalue weighted by atomic mass is 35.5. The number of nitrogens with zero attached hydrogens (tertiary/aromatic N) is 3. The zero-order chi connectivity index (χ0) is 18.1. The molecule has 0 radical (unpaired) electrons. The van der Waals surface area contributed by atoms with E-state index in [-0.39, 0.29) is 0 Å². The van der Waals surface area contributed by atoms with E-state index in [2.05, 4.69) is 25.6 Å². The summed E-state index contributed by atoms with van der Waals surface area (Å²) >= 11 is 7.71. The number of aromatic nitrogens is 3. The maximum absolute atomic E-state index is 6.24. The van der Waals surface area contributed by atoms with Gasteiger partial charge in [-0.05, 0) is 36.8 Å². The lowest BCUT2D eigenvalue weighted by atomic mass is 10.2. The molecular formula is C18H15ClN6S. The van der Waals surface area contributed by atoms with Gasteiger partial charge in [0.05, 0.1) is 10.2 Å². The Kier molecular flexibility index (Phi) is 4.32. The fourth-order valence-electron chi connectivity index (χ4n) is 2.43. The Morgan fingerprint density at radius 2 is 1.81 bits per heavy atom. The molecule has 0 unspecified atom stereocenters. The van der Waals surface area contributed by atoms with Crippen LogP contribution in [-0.2, 0) is 0 Å². The molecular weight excluding hydrogens is 368 g/mol. The van der Waals surface area contributed by atoms with Crippen molar-refractivity contribution >= 4 is 61.3 Å². The lowest BCUT2D eigenvalue weighted by Crippen LogP contribution is -2.05. The summed E-state index contributed by atoms with van der Waals surface area (Å²) in [5.41, 5.74) is 9.38. The molecule has 0 amide bonds. The average molecular weight is 383 g/mol. The zero-order valence-electron chi connectivity index (χ0n) is 13.8. The summed E-state index contributed by atoms with van der Waals surface area (Å²) in [5.74, 6) is 1.00. The van der Waals surface area contributed by atoms with E-state index in [9.17, 15) is 0 Å². The third kappa shape index (κ3) is 3.26. The maximum atomic E-state index is 6.24. The first-order valence-corrected chi connectivity index (χ1v) is 9.06. The largest absolute Gasteiger partial charge is 0.393 e. The molecule has 6 nitrogen and oxygen atoms in total. The van der Waals surface area contributed by atoms with Gasteiger partial charge >= 0.3 is 0 Å². The molecule has 130 valence electrons. The summed E-state index contributed by atoms with van der Waals surface area (Å²) in [4.78, 5) is 13.0. The van der Waals surface area contributed by atoms with Gasteiger partial charge in [-0.3, -0.25) is 0 Å². The summed E-state index contributed by atoms with van der Waals surface area (Å²) in [6, 6.07) is 13.6. The fourth-order valence-corrected chi connectivity index (χ4v) is 3.47. The van der Waals surface area contributed by atoms with Crippen LogP contribution in [0.25, 0.3) is 10.2 Å². The Morgan fingerprint density at radius 3 is 2.58 bits per heavy atom. The summed E-state index contributed by atoms with van der Waals surface area (Å²) in [6.07, 6.45) is 1.45. The smallest absolute Gasteiger partial charge is 0.189 e. The second-order valence-corrected chi connectivity index (χ2v) is 7.12. The van der Waals surface area contributed by atoms with Crippen molar-refractivity contribution in [2.45, 2.75) is 6.92 Å². The monoisotopic (exact) mass is 382 g/mol. The van der Waals surface area contributed by atoms with Gasteiger partial charge in [0.1, 0.15) is 12.0 Å². The van der Waals surface area contributed by atoms with E-state index in [1.54, 1.807) is 0 Å². The normalized spacial score (nSPS) is 10.8. The van der Waals surface area contributed by atoms with Crippen molar-refractivity contribution in [1.29, 1.82) is 0 Å². The number of anilines is 5. The topological polar surface area (TPSA) is 88.8 Å². The molecule has 0 aliphatic rings. The summed E-state index contributed by atoms with van der Waals surface area (Å²) < 4.78 is 1.09. The van der Waals surface area contributed by atoms with Crippen LogP contribution in [-0.4, -0.2) is 15.0 Å². The predicted molar refractivity (Wildman–Crippen MR) is 109 cm³/mol. The number of thiazole rings is 1. The van der Waals surface area contributed by atoms with Crippen LogP contribution in [0.4, 0.5) is 28.1 Å². The first kappa shape index (κ1) is 16.6. The van der Waals surface area contributed by atoms with E-state index < -0.39 is 0 Å². The number of nitrogens with one attached hydrogen (secondary N) is 2. The number of benzene rings is 2. The van der Waals surface area contributed by atoms with Crippen LogP contribution in [0.3, 0.4) is 0 Å². The van der Waals surface area contributed by atoms with Crippen molar-refractivity contribution in [2.24, 2.45) is 0 Å². The fraction of sp³-hybridized carbons (Fsp3) is 0.0556. The highest BCUT2D eigenvalue weighted by molar-refractivity contribution is 7.22. The Balaban J connectivity index is 1.61. The SMILES string of the molecule is Cc1ccc(Nc2ncnc(Nc3nc4ccccc4s3)c2N)cc1Cl. The van der Waals surface area contributed by atoms with Crippen LogP contribution >= 0.6 is 22.9 Å². The van der Waals surface area contributed by atoms with Gasteiger partial charge in [-0.15, -0.1) is 0 Å². The standard InChI is InChI=1S/C18H15ClN6S/c1-10-6-7-11(8-12(10)19)23-16-15(20)17(22-9-21-16)25-18-24-13-4-2-3-5-14(13)26-18/h2-9H,20H2,1H3,(H2,21,22,23,24,25). The molecule has 0 fully saturated rings. The number of hydrogen-bond acceptors (Lipinski definition) is 7. The minimum absolute atomic E-state index is 0.406. The molecule has 0 aliphatic carbocycles. The molecule has 0 saturated heterocycles. The molecule has 26 heavy (non-hydrogen) atoms. The third-order valence-electron chi connectivity index (χ3n) is 3.84. The maximum Gasteiger partial charge on any atom is 0.189 e.